The van der Waals surface area contributed by atoms with Crippen LogP contribution in [0.1, 0.15) is 30.1 Å². The Bertz CT molecular complexity index is 786. The Morgan fingerprint density at radius 3 is 2.90 bits per heavy atom. The zero-order chi connectivity index (χ0) is 14.2. The number of aromatic nitrogens is 3. The van der Waals surface area contributed by atoms with Crippen LogP contribution in [0.3, 0.4) is 0 Å². The normalized spacial score (nSPS) is 14.7. The van der Waals surface area contributed by atoms with E-state index in [2.05, 4.69) is 41.8 Å². The maximum atomic E-state index is 4.76. The molecule has 1 aliphatic rings. The van der Waals surface area contributed by atoms with Crippen LogP contribution in [0.4, 0.5) is 0 Å². The maximum absolute atomic E-state index is 4.76. The first-order chi connectivity index (χ1) is 10.3. The monoisotopic (exact) mass is 278 g/mol. The molecule has 0 unspecified atom stereocenters. The molecule has 0 spiro atoms. The van der Waals surface area contributed by atoms with Crippen LogP contribution in [0.25, 0.3) is 16.6 Å². The second kappa shape index (κ2) is 4.97. The lowest BCUT2D eigenvalue weighted by molar-refractivity contribution is 0.787. The van der Waals surface area contributed by atoms with E-state index in [4.69, 9.17) is 10.1 Å². The summed E-state index contributed by atoms with van der Waals surface area (Å²) in [5, 5.41) is 9.07. The molecule has 1 aliphatic carbocycles. The number of hydrogen-bond acceptors (Lipinski definition) is 3. The van der Waals surface area contributed by atoms with Gasteiger partial charge in [-0.15, -0.1) is 0 Å². The van der Waals surface area contributed by atoms with Crippen molar-refractivity contribution in [3.63, 3.8) is 0 Å². The molecule has 1 saturated carbocycles. The fourth-order valence-corrected chi connectivity index (χ4v) is 2.74. The lowest BCUT2D eigenvalue weighted by atomic mass is 10.1. The molecule has 4 rings (SSSR count). The van der Waals surface area contributed by atoms with E-state index in [-0.39, 0.29) is 0 Å². The Labute approximate surface area is 123 Å². The van der Waals surface area contributed by atoms with E-state index in [1.54, 1.807) is 0 Å². The van der Waals surface area contributed by atoms with Gasteiger partial charge in [0.15, 0.2) is 0 Å². The van der Waals surface area contributed by atoms with Crippen molar-refractivity contribution in [1.29, 1.82) is 0 Å². The highest BCUT2D eigenvalue weighted by atomic mass is 15.3. The molecule has 0 aliphatic heterocycles. The number of para-hydroxylation sites is 1. The average molecular weight is 278 g/mol. The molecular formula is C17H18N4. The zero-order valence-electron chi connectivity index (χ0n) is 12.1. The van der Waals surface area contributed by atoms with Gasteiger partial charge in [-0.05, 0) is 38.1 Å². The van der Waals surface area contributed by atoms with Crippen LogP contribution in [0.5, 0.6) is 0 Å². The molecule has 21 heavy (non-hydrogen) atoms. The highest BCUT2D eigenvalue weighted by Gasteiger charge is 2.26. The van der Waals surface area contributed by atoms with Crippen LogP contribution in [0, 0.1) is 0 Å². The van der Waals surface area contributed by atoms with Crippen LogP contribution in [0.2, 0.25) is 0 Å². The Balaban J connectivity index is 1.87. The summed E-state index contributed by atoms with van der Waals surface area (Å²) in [5.74, 6) is 0.677. The summed E-state index contributed by atoms with van der Waals surface area (Å²) in [4.78, 5) is 4.70. The molecule has 0 saturated heterocycles. The van der Waals surface area contributed by atoms with Gasteiger partial charge in [-0.3, -0.25) is 4.98 Å². The molecule has 1 aromatic carbocycles. The molecule has 0 radical (unpaired) electrons. The second-order valence-corrected chi connectivity index (χ2v) is 5.64. The van der Waals surface area contributed by atoms with Crippen molar-refractivity contribution in [3.05, 3.63) is 54.0 Å². The van der Waals surface area contributed by atoms with Crippen molar-refractivity contribution in [1.82, 2.24) is 20.1 Å². The maximum Gasteiger partial charge on any atom is 0.0758 e. The van der Waals surface area contributed by atoms with Gasteiger partial charge in [0.05, 0.1) is 22.6 Å². The fraction of sp³-hybridized carbons (Fsp3) is 0.294. The van der Waals surface area contributed by atoms with Gasteiger partial charge in [0.1, 0.15) is 0 Å². The molecule has 0 atom stereocenters. The quantitative estimate of drug-likeness (QED) is 0.797. The number of pyridine rings is 1. The first-order valence-corrected chi connectivity index (χ1v) is 7.44. The van der Waals surface area contributed by atoms with Crippen molar-refractivity contribution in [2.75, 3.05) is 7.05 Å². The molecule has 2 heterocycles. The van der Waals surface area contributed by atoms with E-state index < -0.39 is 0 Å². The van der Waals surface area contributed by atoms with E-state index in [9.17, 15) is 0 Å². The third-order valence-electron chi connectivity index (χ3n) is 3.96. The topological polar surface area (TPSA) is 42.7 Å². The molecule has 1 N–H and O–H groups in total. The highest BCUT2D eigenvalue weighted by Crippen LogP contribution is 2.39. The van der Waals surface area contributed by atoms with Crippen LogP contribution >= 0.6 is 0 Å². The second-order valence-electron chi connectivity index (χ2n) is 5.64. The fourth-order valence-electron chi connectivity index (χ4n) is 2.74. The summed E-state index contributed by atoms with van der Waals surface area (Å²) in [6.45, 7) is 0.759. The number of fused-ring (bicyclic) bond motifs is 1. The lowest BCUT2D eigenvalue weighted by Crippen LogP contribution is -2.08. The van der Waals surface area contributed by atoms with Crippen molar-refractivity contribution >= 4 is 10.9 Å². The van der Waals surface area contributed by atoms with Crippen LogP contribution < -0.4 is 5.32 Å². The molecule has 0 bridgehead atoms. The molecule has 3 aromatic rings. The molecule has 4 heteroatoms. The molecule has 4 nitrogen and oxygen atoms in total. The van der Waals surface area contributed by atoms with E-state index >= 15 is 0 Å². The number of nitrogens with zero attached hydrogens (tertiary/aromatic N) is 3. The van der Waals surface area contributed by atoms with Crippen LogP contribution in [0.15, 0.2) is 42.6 Å². The van der Waals surface area contributed by atoms with Gasteiger partial charge in [-0.2, -0.15) is 5.10 Å². The first kappa shape index (κ1) is 12.5. The predicted octanol–water partition coefficient (Wildman–Crippen LogP) is 3.02. The minimum absolute atomic E-state index is 0.677. The third-order valence-corrected chi connectivity index (χ3v) is 3.96. The Kier molecular flexibility index (Phi) is 2.97. The molecule has 0 amide bonds. The number of benzene rings is 1. The standard InChI is InChI=1S/C17H18N4/c1-18-11-13-10-17(14-4-2-3-5-16(14)19-13)21-9-8-15(20-21)12-6-7-12/h2-5,8-10,12,18H,6-7,11H2,1H3. The van der Waals surface area contributed by atoms with E-state index in [1.165, 1.54) is 18.5 Å². The molecule has 2 aromatic heterocycles. The van der Waals surface area contributed by atoms with Crippen molar-refractivity contribution in [3.8, 4) is 5.69 Å². The van der Waals surface area contributed by atoms with Gasteiger partial charge < -0.3 is 5.32 Å². The van der Waals surface area contributed by atoms with Gasteiger partial charge in [-0.25, -0.2) is 4.68 Å². The van der Waals surface area contributed by atoms with Gasteiger partial charge in [0.25, 0.3) is 0 Å². The highest BCUT2D eigenvalue weighted by molar-refractivity contribution is 5.87. The Morgan fingerprint density at radius 2 is 2.10 bits per heavy atom. The molecule has 106 valence electrons. The predicted molar refractivity (Wildman–Crippen MR) is 83.6 cm³/mol. The summed E-state index contributed by atoms with van der Waals surface area (Å²) >= 11 is 0. The summed E-state index contributed by atoms with van der Waals surface area (Å²) < 4.78 is 2.00. The van der Waals surface area contributed by atoms with Crippen molar-refractivity contribution < 1.29 is 0 Å². The zero-order valence-corrected chi connectivity index (χ0v) is 12.1. The lowest BCUT2D eigenvalue weighted by Gasteiger charge is -2.09. The van der Waals surface area contributed by atoms with Gasteiger partial charge in [0, 0.05) is 24.0 Å². The summed E-state index contributed by atoms with van der Waals surface area (Å²) in [6.07, 6.45) is 4.62. The first-order valence-electron chi connectivity index (χ1n) is 7.44. The minimum atomic E-state index is 0.677. The summed E-state index contributed by atoms with van der Waals surface area (Å²) in [5.41, 5.74) is 4.38. The largest absolute Gasteiger partial charge is 0.314 e. The third kappa shape index (κ3) is 2.32. The average Bonchev–Trinajstić information content (AvgIpc) is 3.24. The Hall–Kier alpha value is -2.20. The number of hydrogen-bond donors (Lipinski definition) is 1. The van der Waals surface area contributed by atoms with E-state index in [1.807, 2.05) is 17.8 Å². The Morgan fingerprint density at radius 1 is 1.24 bits per heavy atom. The summed E-state index contributed by atoms with van der Waals surface area (Å²) in [7, 11) is 1.94. The number of nitrogens with one attached hydrogen (secondary N) is 1. The van der Waals surface area contributed by atoms with Crippen LogP contribution in [-0.4, -0.2) is 21.8 Å². The number of rotatable bonds is 4. The van der Waals surface area contributed by atoms with Gasteiger partial charge in [-0.1, -0.05) is 18.2 Å². The van der Waals surface area contributed by atoms with E-state index in [0.717, 1.165) is 28.8 Å². The van der Waals surface area contributed by atoms with Crippen LogP contribution in [-0.2, 0) is 6.54 Å². The van der Waals surface area contributed by atoms with Crippen molar-refractivity contribution in [2.24, 2.45) is 0 Å². The summed E-state index contributed by atoms with van der Waals surface area (Å²) in [6, 6.07) is 12.5. The molecular weight excluding hydrogens is 260 g/mol. The SMILES string of the molecule is CNCc1cc(-n2ccc(C3CC3)n2)c2ccccc2n1. The van der Waals surface area contributed by atoms with Gasteiger partial charge in [0.2, 0.25) is 0 Å². The van der Waals surface area contributed by atoms with Gasteiger partial charge >= 0.3 is 0 Å². The molecule has 1 fully saturated rings. The minimum Gasteiger partial charge on any atom is -0.314 e. The van der Waals surface area contributed by atoms with Crippen molar-refractivity contribution in [2.45, 2.75) is 25.3 Å². The smallest absolute Gasteiger partial charge is 0.0758 e. The van der Waals surface area contributed by atoms with E-state index in [0.29, 0.717) is 5.92 Å².